The molecule has 0 unspecified atom stereocenters. The van der Waals surface area contributed by atoms with Gasteiger partial charge in [0.15, 0.2) is 0 Å². The highest BCUT2D eigenvalue weighted by atomic mass is 35.5. The number of carbonyl (C=O) groups is 1. The molecule has 28 heavy (non-hydrogen) atoms. The summed E-state index contributed by atoms with van der Waals surface area (Å²) in [5, 5.41) is 3.32. The lowest BCUT2D eigenvalue weighted by Gasteiger charge is -2.34. The number of ether oxygens (including phenoxy) is 1. The Morgan fingerprint density at radius 2 is 1.82 bits per heavy atom. The van der Waals surface area contributed by atoms with Gasteiger partial charge in [-0.05, 0) is 39.2 Å². The summed E-state index contributed by atoms with van der Waals surface area (Å²) in [6, 6.07) is 2.19. The minimum atomic E-state index is 0. The first-order chi connectivity index (χ1) is 12.7. The van der Waals surface area contributed by atoms with Crippen LogP contribution >= 0.6 is 24.8 Å². The Labute approximate surface area is 179 Å². The normalized spacial score (nSPS) is 23.1. The van der Waals surface area contributed by atoms with Gasteiger partial charge in [-0.25, -0.2) is 9.97 Å². The number of rotatable bonds is 3. The minimum Gasteiger partial charge on any atom is -0.378 e. The molecule has 3 saturated heterocycles. The van der Waals surface area contributed by atoms with Gasteiger partial charge in [0.2, 0.25) is 5.91 Å². The molecule has 0 aliphatic carbocycles. The third kappa shape index (κ3) is 5.26. The summed E-state index contributed by atoms with van der Waals surface area (Å²) in [7, 11) is 0. The van der Waals surface area contributed by atoms with Crippen molar-refractivity contribution in [3.05, 3.63) is 17.6 Å². The third-order valence-corrected chi connectivity index (χ3v) is 5.76. The molecule has 0 aromatic carbocycles. The maximum atomic E-state index is 12.6. The van der Waals surface area contributed by atoms with Crippen LogP contribution in [0.15, 0.2) is 6.07 Å². The average Bonchev–Trinajstić information content (AvgIpc) is 3.22. The molecule has 1 N–H and O–H groups in total. The van der Waals surface area contributed by atoms with E-state index < -0.39 is 0 Å². The van der Waals surface area contributed by atoms with Crippen molar-refractivity contribution in [3.8, 4) is 0 Å². The van der Waals surface area contributed by atoms with Gasteiger partial charge >= 0.3 is 0 Å². The summed E-state index contributed by atoms with van der Waals surface area (Å²) in [5.74, 6) is 2.55. The highest BCUT2D eigenvalue weighted by molar-refractivity contribution is 5.85. The van der Waals surface area contributed by atoms with Crippen LogP contribution < -0.4 is 10.2 Å². The second-order valence-electron chi connectivity index (χ2n) is 7.55. The van der Waals surface area contributed by atoms with Crippen LogP contribution in [-0.4, -0.2) is 72.8 Å². The largest absolute Gasteiger partial charge is 0.378 e. The smallest absolute Gasteiger partial charge is 0.239 e. The molecule has 4 heterocycles. The van der Waals surface area contributed by atoms with Gasteiger partial charge < -0.3 is 19.9 Å². The zero-order valence-electron chi connectivity index (χ0n) is 16.4. The molecule has 3 aliphatic heterocycles. The summed E-state index contributed by atoms with van der Waals surface area (Å²) < 4.78 is 5.45. The molecule has 0 spiro atoms. The van der Waals surface area contributed by atoms with E-state index in [0.29, 0.717) is 5.92 Å². The monoisotopic (exact) mass is 431 g/mol. The zero-order chi connectivity index (χ0) is 17.9. The van der Waals surface area contributed by atoms with Gasteiger partial charge in [-0.1, -0.05) is 0 Å². The molecule has 0 radical (unpaired) electrons. The number of aryl methyl sites for hydroxylation is 1. The van der Waals surface area contributed by atoms with Crippen LogP contribution in [0.25, 0.3) is 0 Å². The lowest BCUT2D eigenvalue weighted by Crippen LogP contribution is -2.46. The first kappa shape index (κ1) is 23.1. The van der Waals surface area contributed by atoms with Crippen molar-refractivity contribution in [3.63, 3.8) is 0 Å². The number of likely N-dealkylation sites (tertiary alicyclic amines) is 1. The van der Waals surface area contributed by atoms with Crippen molar-refractivity contribution in [2.45, 2.75) is 44.6 Å². The predicted octanol–water partition coefficient (Wildman–Crippen LogP) is 1.92. The zero-order valence-corrected chi connectivity index (χ0v) is 18.1. The second kappa shape index (κ2) is 10.6. The maximum Gasteiger partial charge on any atom is 0.239 e. The molecule has 9 heteroatoms. The van der Waals surface area contributed by atoms with E-state index in [4.69, 9.17) is 9.72 Å². The summed E-state index contributed by atoms with van der Waals surface area (Å²) in [6.07, 6.45) is 4.05. The van der Waals surface area contributed by atoms with E-state index in [-0.39, 0.29) is 36.8 Å². The lowest BCUT2D eigenvalue weighted by molar-refractivity contribution is -0.134. The molecule has 0 saturated carbocycles. The van der Waals surface area contributed by atoms with Crippen LogP contribution in [0.1, 0.15) is 43.1 Å². The Bertz CT molecular complexity index is 643. The predicted molar refractivity (Wildman–Crippen MR) is 114 cm³/mol. The number of nitrogens with one attached hydrogen (secondary N) is 1. The number of amides is 1. The first-order valence-electron chi connectivity index (χ1n) is 9.91. The second-order valence-corrected chi connectivity index (χ2v) is 7.55. The van der Waals surface area contributed by atoms with Crippen LogP contribution in [0, 0.1) is 6.92 Å². The molecule has 1 aromatic heterocycles. The third-order valence-electron chi connectivity index (χ3n) is 5.76. The van der Waals surface area contributed by atoms with Crippen LogP contribution in [0.2, 0.25) is 0 Å². The highest BCUT2D eigenvalue weighted by Gasteiger charge is 2.31. The molecule has 7 nitrogen and oxygen atoms in total. The Morgan fingerprint density at radius 3 is 2.46 bits per heavy atom. The Hall–Kier alpha value is -1.15. The molecule has 3 fully saturated rings. The van der Waals surface area contributed by atoms with Gasteiger partial charge in [-0.3, -0.25) is 4.79 Å². The standard InChI is InChI=1S/C19H29N5O2.2ClH/c1-14-21-17(13-18(22-14)23-9-11-26-12-10-23)15-4-7-24(8-5-15)19(25)16-3-2-6-20-16;;/h13,15-16,20H,2-12H2,1H3;2*1H/t16-;;/m0../s1. The van der Waals surface area contributed by atoms with Gasteiger partial charge in [-0.2, -0.15) is 0 Å². The van der Waals surface area contributed by atoms with Crippen LogP contribution in [0.5, 0.6) is 0 Å². The van der Waals surface area contributed by atoms with Crippen molar-refractivity contribution < 1.29 is 9.53 Å². The van der Waals surface area contributed by atoms with E-state index in [2.05, 4.69) is 21.3 Å². The number of nitrogens with zero attached hydrogens (tertiary/aromatic N) is 4. The quantitative estimate of drug-likeness (QED) is 0.787. The van der Waals surface area contributed by atoms with E-state index in [0.717, 1.165) is 89.0 Å². The number of morpholine rings is 1. The maximum absolute atomic E-state index is 12.6. The van der Waals surface area contributed by atoms with E-state index in [1.54, 1.807) is 0 Å². The summed E-state index contributed by atoms with van der Waals surface area (Å²) >= 11 is 0. The van der Waals surface area contributed by atoms with Gasteiger partial charge in [0.1, 0.15) is 11.6 Å². The lowest BCUT2D eigenvalue weighted by atomic mass is 9.92. The van der Waals surface area contributed by atoms with E-state index in [1.807, 2.05) is 11.8 Å². The fourth-order valence-electron chi connectivity index (χ4n) is 4.25. The molecular weight excluding hydrogens is 401 g/mol. The molecule has 0 bridgehead atoms. The van der Waals surface area contributed by atoms with Crippen LogP contribution in [-0.2, 0) is 9.53 Å². The molecule has 3 aliphatic rings. The molecule has 1 amide bonds. The van der Waals surface area contributed by atoms with Gasteiger partial charge in [-0.15, -0.1) is 24.8 Å². The number of piperidine rings is 1. The van der Waals surface area contributed by atoms with Gasteiger partial charge in [0, 0.05) is 43.9 Å². The molecular formula is C19H31Cl2N5O2. The highest BCUT2D eigenvalue weighted by Crippen LogP contribution is 2.29. The molecule has 4 rings (SSSR count). The molecule has 158 valence electrons. The number of hydrogen-bond acceptors (Lipinski definition) is 6. The number of anilines is 1. The van der Waals surface area contributed by atoms with Crippen LogP contribution in [0.4, 0.5) is 5.82 Å². The van der Waals surface area contributed by atoms with Crippen molar-refractivity contribution in [2.75, 3.05) is 50.8 Å². The van der Waals surface area contributed by atoms with Crippen molar-refractivity contribution in [1.29, 1.82) is 0 Å². The summed E-state index contributed by atoms with van der Waals surface area (Å²) in [4.78, 5) is 26.2. The Kier molecular flexibility index (Phi) is 8.74. The fraction of sp³-hybridized carbons (Fsp3) is 0.737. The number of aromatic nitrogens is 2. The van der Waals surface area contributed by atoms with Gasteiger partial charge in [0.05, 0.1) is 19.3 Å². The van der Waals surface area contributed by atoms with Crippen LogP contribution in [0.3, 0.4) is 0 Å². The van der Waals surface area contributed by atoms with E-state index >= 15 is 0 Å². The molecule has 1 atom stereocenters. The average molecular weight is 432 g/mol. The Balaban J connectivity index is 0.00000140. The topological polar surface area (TPSA) is 70.6 Å². The number of halogens is 2. The van der Waals surface area contributed by atoms with Gasteiger partial charge in [0.25, 0.3) is 0 Å². The van der Waals surface area contributed by atoms with Crippen molar-refractivity contribution in [1.82, 2.24) is 20.2 Å². The Morgan fingerprint density at radius 1 is 1.11 bits per heavy atom. The molecule has 1 aromatic rings. The fourth-order valence-corrected chi connectivity index (χ4v) is 4.25. The number of carbonyl (C=O) groups excluding carboxylic acids is 1. The van der Waals surface area contributed by atoms with Crippen molar-refractivity contribution in [2.24, 2.45) is 0 Å². The number of hydrogen-bond donors (Lipinski definition) is 1. The summed E-state index contributed by atoms with van der Waals surface area (Å²) in [6.45, 7) is 7.89. The minimum absolute atomic E-state index is 0. The van der Waals surface area contributed by atoms with E-state index in [9.17, 15) is 4.79 Å². The first-order valence-corrected chi connectivity index (χ1v) is 9.91. The summed E-state index contributed by atoms with van der Waals surface area (Å²) in [5.41, 5.74) is 1.13. The van der Waals surface area contributed by atoms with E-state index in [1.165, 1.54) is 0 Å². The SMILES string of the molecule is Cc1nc(C2CCN(C(=O)[C@@H]3CCCN3)CC2)cc(N2CCOCC2)n1.Cl.Cl. The van der Waals surface area contributed by atoms with Crippen molar-refractivity contribution >= 4 is 36.5 Å².